The monoisotopic (exact) mass is 421 g/mol. The Labute approximate surface area is 172 Å². The molecule has 3 rings (SSSR count). The lowest BCUT2D eigenvalue weighted by Crippen LogP contribution is -2.13. The van der Waals surface area contributed by atoms with Gasteiger partial charge in [0.25, 0.3) is 0 Å². The van der Waals surface area contributed by atoms with Crippen LogP contribution in [0.3, 0.4) is 0 Å². The molecule has 1 amide bonds. The van der Waals surface area contributed by atoms with Crippen LogP contribution in [-0.4, -0.2) is 18.5 Å². The SMILES string of the molecule is CCOC(=O)c1c(NC(=O)C=Cc2c(F)cccc2Cl)sc2c1CCCCC2. The largest absolute Gasteiger partial charge is 0.462 e. The number of thiophene rings is 1. The molecule has 7 heteroatoms. The van der Waals surface area contributed by atoms with Crippen molar-refractivity contribution >= 4 is 45.9 Å². The molecule has 28 heavy (non-hydrogen) atoms. The first-order valence-corrected chi connectivity index (χ1v) is 10.5. The number of esters is 1. The quantitative estimate of drug-likeness (QED) is 0.386. The average molecular weight is 422 g/mol. The van der Waals surface area contributed by atoms with E-state index in [9.17, 15) is 14.0 Å². The van der Waals surface area contributed by atoms with E-state index in [0.717, 1.165) is 42.5 Å². The van der Waals surface area contributed by atoms with Gasteiger partial charge in [0, 0.05) is 16.5 Å². The van der Waals surface area contributed by atoms with Gasteiger partial charge in [-0.1, -0.05) is 24.1 Å². The minimum Gasteiger partial charge on any atom is -0.462 e. The summed E-state index contributed by atoms with van der Waals surface area (Å²) in [6.45, 7) is 2.02. The lowest BCUT2D eigenvalue weighted by Gasteiger charge is -2.07. The molecule has 2 aromatic rings. The number of fused-ring (bicyclic) bond motifs is 1. The summed E-state index contributed by atoms with van der Waals surface area (Å²) in [5.41, 5.74) is 1.58. The Balaban J connectivity index is 1.86. The minimum atomic E-state index is -0.508. The van der Waals surface area contributed by atoms with E-state index >= 15 is 0 Å². The molecule has 1 N–H and O–H groups in total. The molecule has 148 valence electrons. The number of carbonyl (C=O) groups is 2. The number of anilines is 1. The van der Waals surface area contributed by atoms with Gasteiger partial charge in [-0.05, 0) is 56.4 Å². The van der Waals surface area contributed by atoms with Crippen molar-refractivity contribution in [3.05, 3.63) is 56.7 Å². The highest BCUT2D eigenvalue weighted by Gasteiger charge is 2.26. The molecule has 1 aromatic carbocycles. The number of hydrogen-bond acceptors (Lipinski definition) is 4. The summed E-state index contributed by atoms with van der Waals surface area (Å²) in [6, 6.07) is 4.33. The van der Waals surface area contributed by atoms with E-state index in [1.54, 1.807) is 13.0 Å². The second-order valence-electron chi connectivity index (χ2n) is 6.45. The molecular formula is C21H21ClFNO3S. The Hall–Kier alpha value is -2.18. The van der Waals surface area contributed by atoms with Gasteiger partial charge in [-0.3, -0.25) is 4.79 Å². The van der Waals surface area contributed by atoms with Crippen molar-refractivity contribution in [2.45, 2.75) is 39.0 Å². The topological polar surface area (TPSA) is 55.4 Å². The Bertz CT molecular complexity index is 902. The predicted octanol–water partition coefficient (Wildman–Crippen LogP) is 5.64. The Morgan fingerprint density at radius 1 is 1.29 bits per heavy atom. The maximum absolute atomic E-state index is 13.8. The summed E-state index contributed by atoms with van der Waals surface area (Å²) in [6.07, 6.45) is 7.43. The number of rotatable bonds is 5. The minimum absolute atomic E-state index is 0.145. The van der Waals surface area contributed by atoms with Crippen LogP contribution in [0.25, 0.3) is 6.08 Å². The zero-order chi connectivity index (χ0) is 20.1. The Kier molecular flexibility index (Phi) is 6.86. The molecule has 4 nitrogen and oxygen atoms in total. The van der Waals surface area contributed by atoms with E-state index in [1.165, 1.54) is 35.6 Å². The fourth-order valence-corrected chi connectivity index (χ4v) is 4.74. The smallest absolute Gasteiger partial charge is 0.341 e. The third-order valence-electron chi connectivity index (χ3n) is 4.54. The van der Waals surface area contributed by atoms with Crippen molar-refractivity contribution in [2.24, 2.45) is 0 Å². The summed E-state index contributed by atoms with van der Waals surface area (Å²) in [5.74, 6) is -1.38. The summed E-state index contributed by atoms with van der Waals surface area (Å²) < 4.78 is 19.1. The van der Waals surface area contributed by atoms with Crippen LogP contribution < -0.4 is 5.32 Å². The summed E-state index contributed by atoms with van der Waals surface area (Å²) in [7, 11) is 0. The van der Waals surface area contributed by atoms with Gasteiger partial charge in [0.05, 0.1) is 17.2 Å². The average Bonchev–Trinajstić information content (AvgIpc) is 2.82. The first-order chi connectivity index (χ1) is 13.5. The van der Waals surface area contributed by atoms with Gasteiger partial charge in [0.2, 0.25) is 5.91 Å². The predicted molar refractivity (Wildman–Crippen MR) is 111 cm³/mol. The van der Waals surface area contributed by atoms with E-state index in [0.29, 0.717) is 10.6 Å². The summed E-state index contributed by atoms with van der Waals surface area (Å²) in [4.78, 5) is 26.0. The van der Waals surface area contributed by atoms with Gasteiger partial charge in [-0.15, -0.1) is 11.3 Å². The molecule has 1 aromatic heterocycles. The third-order valence-corrected chi connectivity index (χ3v) is 6.08. The number of hydrogen-bond donors (Lipinski definition) is 1. The highest BCUT2D eigenvalue weighted by Crippen LogP contribution is 2.38. The number of aryl methyl sites for hydroxylation is 1. The zero-order valence-electron chi connectivity index (χ0n) is 15.5. The summed E-state index contributed by atoms with van der Waals surface area (Å²) in [5, 5.41) is 3.47. The normalized spacial score (nSPS) is 13.8. The fourth-order valence-electron chi connectivity index (χ4n) is 3.23. The first kappa shape index (κ1) is 20.6. The molecule has 1 heterocycles. The molecule has 0 atom stereocenters. The van der Waals surface area contributed by atoms with Gasteiger partial charge < -0.3 is 10.1 Å². The molecular weight excluding hydrogens is 401 g/mol. The molecule has 0 unspecified atom stereocenters. The van der Waals surface area contributed by atoms with Gasteiger partial charge in [0.15, 0.2) is 0 Å². The first-order valence-electron chi connectivity index (χ1n) is 9.26. The molecule has 0 saturated carbocycles. The maximum atomic E-state index is 13.8. The fraction of sp³-hybridized carbons (Fsp3) is 0.333. The van der Waals surface area contributed by atoms with E-state index < -0.39 is 17.7 Å². The van der Waals surface area contributed by atoms with Gasteiger partial charge in [-0.2, -0.15) is 0 Å². The van der Waals surface area contributed by atoms with E-state index in [2.05, 4.69) is 5.32 Å². The summed E-state index contributed by atoms with van der Waals surface area (Å²) >= 11 is 7.40. The number of benzene rings is 1. The highest BCUT2D eigenvalue weighted by atomic mass is 35.5. The van der Waals surface area contributed by atoms with Gasteiger partial charge >= 0.3 is 5.97 Å². The lowest BCUT2D eigenvalue weighted by atomic mass is 10.1. The molecule has 0 fully saturated rings. The molecule has 0 aliphatic heterocycles. The van der Waals surface area contributed by atoms with Crippen molar-refractivity contribution in [1.82, 2.24) is 0 Å². The molecule has 0 bridgehead atoms. The Morgan fingerprint density at radius 3 is 2.82 bits per heavy atom. The zero-order valence-corrected chi connectivity index (χ0v) is 17.1. The van der Waals surface area contributed by atoms with Gasteiger partial charge in [0.1, 0.15) is 10.8 Å². The number of ether oxygens (including phenoxy) is 1. The van der Waals surface area contributed by atoms with Crippen LogP contribution in [0.15, 0.2) is 24.3 Å². The van der Waals surface area contributed by atoms with Crippen LogP contribution in [-0.2, 0) is 22.4 Å². The second-order valence-corrected chi connectivity index (χ2v) is 7.96. The van der Waals surface area contributed by atoms with E-state index in [4.69, 9.17) is 16.3 Å². The molecule has 0 spiro atoms. The molecule has 0 radical (unpaired) electrons. The van der Waals surface area contributed by atoms with Crippen LogP contribution in [0.2, 0.25) is 5.02 Å². The number of carbonyl (C=O) groups excluding carboxylic acids is 2. The van der Waals surface area contributed by atoms with Crippen LogP contribution in [0, 0.1) is 5.82 Å². The number of nitrogens with one attached hydrogen (secondary N) is 1. The van der Waals surface area contributed by atoms with Crippen molar-refractivity contribution < 1.29 is 18.7 Å². The number of halogens is 2. The molecule has 0 saturated heterocycles. The van der Waals surface area contributed by atoms with E-state index in [-0.39, 0.29) is 17.2 Å². The van der Waals surface area contributed by atoms with Crippen LogP contribution in [0.4, 0.5) is 9.39 Å². The molecule has 1 aliphatic carbocycles. The maximum Gasteiger partial charge on any atom is 0.341 e. The highest BCUT2D eigenvalue weighted by molar-refractivity contribution is 7.17. The van der Waals surface area contributed by atoms with Crippen molar-refractivity contribution in [1.29, 1.82) is 0 Å². The molecule has 1 aliphatic rings. The van der Waals surface area contributed by atoms with E-state index in [1.807, 2.05) is 0 Å². The standard InChI is InChI=1S/C21H21ClFNO3S/c1-2-27-21(26)19-14-7-4-3-5-10-17(14)28-20(19)24-18(25)12-11-13-15(22)8-6-9-16(13)23/h6,8-9,11-12H,2-5,7,10H2,1H3,(H,24,25). The van der Waals surface area contributed by atoms with Crippen LogP contribution in [0.5, 0.6) is 0 Å². The second kappa shape index (κ2) is 9.34. The lowest BCUT2D eigenvalue weighted by molar-refractivity contribution is -0.111. The van der Waals surface area contributed by atoms with Crippen molar-refractivity contribution in [3.8, 4) is 0 Å². The van der Waals surface area contributed by atoms with Crippen molar-refractivity contribution in [2.75, 3.05) is 11.9 Å². The number of amides is 1. The van der Waals surface area contributed by atoms with Crippen molar-refractivity contribution in [3.63, 3.8) is 0 Å². The third kappa shape index (κ3) is 4.62. The van der Waals surface area contributed by atoms with Crippen LogP contribution in [0.1, 0.15) is 52.5 Å². The van der Waals surface area contributed by atoms with Crippen LogP contribution >= 0.6 is 22.9 Å². The Morgan fingerprint density at radius 2 is 2.07 bits per heavy atom. The van der Waals surface area contributed by atoms with Gasteiger partial charge in [-0.25, -0.2) is 9.18 Å².